The highest BCUT2D eigenvalue weighted by Gasteiger charge is 2.22. The predicted molar refractivity (Wildman–Crippen MR) is 69.9 cm³/mol. The Morgan fingerprint density at radius 3 is 2.84 bits per heavy atom. The monoisotopic (exact) mass is 257 g/mol. The number of rotatable bonds is 4. The van der Waals surface area contributed by atoms with Crippen LogP contribution in [0.3, 0.4) is 0 Å². The van der Waals surface area contributed by atoms with Crippen molar-refractivity contribution >= 4 is 5.97 Å². The fraction of sp³-hybridized carbons (Fsp3) is 0.357. The Kier molecular flexibility index (Phi) is 2.81. The van der Waals surface area contributed by atoms with Crippen molar-refractivity contribution in [2.45, 2.75) is 26.3 Å². The van der Waals surface area contributed by atoms with E-state index in [0.717, 1.165) is 23.6 Å². The molecule has 2 aromatic rings. The molecule has 2 heterocycles. The van der Waals surface area contributed by atoms with E-state index in [1.807, 2.05) is 16.9 Å². The number of hydrogen-bond acceptors (Lipinski definition) is 3. The third kappa shape index (κ3) is 2.50. The Hall–Kier alpha value is -2.17. The van der Waals surface area contributed by atoms with E-state index in [0.29, 0.717) is 5.56 Å². The van der Waals surface area contributed by atoms with Gasteiger partial charge in [-0.3, -0.25) is 4.68 Å². The number of carbonyl (C=O) groups is 1. The van der Waals surface area contributed by atoms with Crippen LogP contribution >= 0.6 is 0 Å². The summed E-state index contributed by atoms with van der Waals surface area (Å²) in [6.07, 6.45) is 7.98. The number of aromatic nitrogens is 3. The molecular formula is C14H15N3O2. The van der Waals surface area contributed by atoms with Crippen molar-refractivity contribution in [3.8, 4) is 11.1 Å². The van der Waals surface area contributed by atoms with Gasteiger partial charge in [0.1, 0.15) is 0 Å². The fourth-order valence-corrected chi connectivity index (χ4v) is 2.13. The second-order valence-corrected chi connectivity index (χ2v) is 5.09. The molecule has 0 saturated heterocycles. The van der Waals surface area contributed by atoms with Crippen LogP contribution in [-0.4, -0.2) is 25.8 Å². The van der Waals surface area contributed by atoms with Gasteiger partial charge in [-0.25, -0.2) is 9.78 Å². The van der Waals surface area contributed by atoms with Crippen molar-refractivity contribution < 1.29 is 9.90 Å². The van der Waals surface area contributed by atoms with E-state index in [2.05, 4.69) is 10.1 Å². The molecule has 0 amide bonds. The minimum Gasteiger partial charge on any atom is -0.477 e. The van der Waals surface area contributed by atoms with Gasteiger partial charge in [0.15, 0.2) is 5.69 Å². The smallest absolute Gasteiger partial charge is 0.354 e. The minimum absolute atomic E-state index is 0.106. The zero-order chi connectivity index (χ0) is 13.4. The summed E-state index contributed by atoms with van der Waals surface area (Å²) < 4.78 is 1.95. The first kappa shape index (κ1) is 11.9. The molecule has 0 radical (unpaired) electrons. The van der Waals surface area contributed by atoms with Gasteiger partial charge in [0.2, 0.25) is 0 Å². The maximum atomic E-state index is 10.9. The Morgan fingerprint density at radius 2 is 2.21 bits per heavy atom. The first-order valence-corrected chi connectivity index (χ1v) is 6.36. The average molecular weight is 257 g/mol. The van der Waals surface area contributed by atoms with Crippen molar-refractivity contribution in [3.63, 3.8) is 0 Å². The van der Waals surface area contributed by atoms with Gasteiger partial charge >= 0.3 is 5.97 Å². The molecule has 1 aliphatic rings. The summed E-state index contributed by atoms with van der Waals surface area (Å²) in [6.45, 7) is 2.73. The van der Waals surface area contributed by atoms with Crippen molar-refractivity contribution in [2.75, 3.05) is 0 Å². The van der Waals surface area contributed by atoms with E-state index in [1.165, 1.54) is 12.8 Å². The molecule has 1 saturated carbocycles. The van der Waals surface area contributed by atoms with Crippen molar-refractivity contribution in [1.82, 2.24) is 14.8 Å². The van der Waals surface area contributed by atoms with Crippen LogP contribution in [0, 0.1) is 12.8 Å². The Bertz CT molecular complexity index is 629. The Labute approximate surface area is 110 Å². The molecular weight excluding hydrogens is 242 g/mol. The van der Waals surface area contributed by atoms with E-state index < -0.39 is 5.97 Å². The van der Waals surface area contributed by atoms with Crippen LogP contribution in [0.15, 0.2) is 24.7 Å². The summed E-state index contributed by atoms with van der Waals surface area (Å²) in [5, 5.41) is 13.3. The number of carboxylic acids is 1. The van der Waals surface area contributed by atoms with Crippen molar-refractivity contribution in [1.29, 1.82) is 0 Å². The van der Waals surface area contributed by atoms with E-state index in [-0.39, 0.29) is 5.69 Å². The zero-order valence-electron chi connectivity index (χ0n) is 10.7. The van der Waals surface area contributed by atoms with Gasteiger partial charge < -0.3 is 5.11 Å². The van der Waals surface area contributed by atoms with Crippen LogP contribution in [0.4, 0.5) is 0 Å². The first-order valence-electron chi connectivity index (χ1n) is 6.36. The summed E-state index contributed by atoms with van der Waals surface area (Å²) in [6, 6.07) is 1.84. The molecule has 0 unspecified atom stereocenters. The largest absolute Gasteiger partial charge is 0.477 e. The summed E-state index contributed by atoms with van der Waals surface area (Å²) in [7, 11) is 0. The zero-order valence-corrected chi connectivity index (χ0v) is 10.7. The normalized spacial score (nSPS) is 14.6. The van der Waals surface area contributed by atoms with E-state index in [4.69, 9.17) is 5.11 Å². The Balaban J connectivity index is 1.86. The van der Waals surface area contributed by atoms with Crippen LogP contribution in [0.5, 0.6) is 0 Å². The molecule has 0 aliphatic heterocycles. The maximum absolute atomic E-state index is 10.9. The summed E-state index contributed by atoms with van der Waals surface area (Å²) in [5.74, 6) is -0.213. The van der Waals surface area contributed by atoms with Gasteiger partial charge in [-0.2, -0.15) is 5.10 Å². The summed E-state index contributed by atoms with van der Waals surface area (Å²) in [4.78, 5) is 14.9. The second kappa shape index (κ2) is 4.50. The lowest BCUT2D eigenvalue weighted by atomic mass is 10.1. The number of carboxylic acid groups (broad SMARTS) is 1. The molecule has 1 fully saturated rings. The number of pyridine rings is 1. The number of hydrogen-bond donors (Lipinski definition) is 1. The van der Waals surface area contributed by atoms with Gasteiger partial charge in [0.05, 0.1) is 6.20 Å². The highest BCUT2D eigenvalue weighted by Crippen LogP contribution is 2.31. The van der Waals surface area contributed by atoms with Gasteiger partial charge in [-0.15, -0.1) is 0 Å². The van der Waals surface area contributed by atoms with E-state index in [1.54, 1.807) is 19.3 Å². The van der Waals surface area contributed by atoms with Gasteiger partial charge in [-0.05, 0) is 37.3 Å². The molecule has 0 spiro atoms. The average Bonchev–Trinajstić information content (AvgIpc) is 3.04. The van der Waals surface area contributed by atoms with Crippen LogP contribution < -0.4 is 0 Å². The molecule has 5 nitrogen and oxygen atoms in total. The van der Waals surface area contributed by atoms with Gasteiger partial charge in [-0.1, -0.05) is 0 Å². The molecule has 98 valence electrons. The quantitative estimate of drug-likeness (QED) is 0.913. The standard InChI is InChI=1S/C14H15N3O2/c1-9-4-11(5-15-13(9)14(18)19)12-6-16-17(8-12)7-10-2-3-10/h4-6,8,10H,2-3,7H2,1H3,(H,18,19). The fourth-order valence-electron chi connectivity index (χ4n) is 2.13. The second-order valence-electron chi connectivity index (χ2n) is 5.09. The lowest BCUT2D eigenvalue weighted by Crippen LogP contribution is -2.03. The molecule has 0 atom stereocenters. The molecule has 0 bridgehead atoms. The molecule has 19 heavy (non-hydrogen) atoms. The molecule has 5 heteroatoms. The molecule has 0 aromatic carbocycles. The van der Waals surface area contributed by atoms with Crippen molar-refractivity contribution in [2.24, 2.45) is 5.92 Å². The summed E-state index contributed by atoms with van der Waals surface area (Å²) in [5.41, 5.74) is 2.66. The molecule has 2 aromatic heterocycles. The minimum atomic E-state index is -0.992. The van der Waals surface area contributed by atoms with Crippen LogP contribution in [0.1, 0.15) is 28.9 Å². The number of aromatic carboxylic acids is 1. The lowest BCUT2D eigenvalue weighted by Gasteiger charge is -2.02. The third-order valence-electron chi connectivity index (χ3n) is 3.39. The topological polar surface area (TPSA) is 68.0 Å². The lowest BCUT2D eigenvalue weighted by molar-refractivity contribution is 0.0689. The van der Waals surface area contributed by atoms with Crippen molar-refractivity contribution in [3.05, 3.63) is 35.9 Å². The number of aryl methyl sites for hydroxylation is 1. The first-order chi connectivity index (χ1) is 9.13. The van der Waals surface area contributed by atoms with Gasteiger partial charge in [0.25, 0.3) is 0 Å². The van der Waals surface area contributed by atoms with Crippen LogP contribution in [-0.2, 0) is 6.54 Å². The highest BCUT2D eigenvalue weighted by atomic mass is 16.4. The number of nitrogens with zero attached hydrogens (tertiary/aromatic N) is 3. The van der Waals surface area contributed by atoms with Gasteiger partial charge in [0, 0.05) is 30.1 Å². The molecule has 1 N–H and O–H groups in total. The van der Waals surface area contributed by atoms with Crippen LogP contribution in [0.25, 0.3) is 11.1 Å². The third-order valence-corrected chi connectivity index (χ3v) is 3.39. The summed E-state index contributed by atoms with van der Waals surface area (Å²) >= 11 is 0. The predicted octanol–water partition coefficient (Wildman–Crippen LogP) is 2.36. The highest BCUT2D eigenvalue weighted by molar-refractivity contribution is 5.87. The Morgan fingerprint density at radius 1 is 1.42 bits per heavy atom. The SMILES string of the molecule is Cc1cc(-c2cnn(CC3CC3)c2)cnc1C(=O)O. The van der Waals surface area contributed by atoms with E-state index >= 15 is 0 Å². The van der Waals surface area contributed by atoms with Crippen LogP contribution in [0.2, 0.25) is 0 Å². The van der Waals surface area contributed by atoms with E-state index in [9.17, 15) is 4.79 Å². The molecule has 1 aliphatic carbocycles. The molecule has 3 rings (SSSR count). The maximum Gasteiger partial charge on any atom is 0.354 e.